The fraction of sp³-hybridized carbons (Fsp3) is 0.368. The zero-order valence-corrected chi connectivity index (χ0v) is 30.1. The van der Waals surface area contributed by atoms with Crippen LogP contribution in [0.2, 0.25) is 5.02 Å². The Balaban J connectivity index is 0.821. The van der Waals surface area contributed by atoms with Crippen molar-refractivity contribution >= 4 is 63.9 Å². The number of fused-ring (bicyclic) bond motifs is 2. The van der Waals surface area contributed by atoms with Crippen LogP contribution in [-0.4, -0.2) is 98.5 Å². The van der Waals surface area contributed by atoms with Gasteiger partial charge in [0.1, 0.15) is 11.8 Å². The van der Waals surface area contributed by atoms with Gasteiger partial charge in [0.05, 0.1) is 28.0 Å². The average Bonchev–Trinajstić information content (AvgIpc) is 3.71. The van der Waals surface area contributed by atoms with Crippen LogP contribution in [0.15, 0.2) is 54.9 Å². The molecule has 2 atom stereocenters. The Kier molecular flexibility index (Phi) is 10.9. The topological polar surface area (TPSA) is 196 Å². The van der Waals surface area contributed by atoms with Gasteiger partial charge < -0.3 is 25.3 Å². The Morgan fingerprint density at radius 1 is 0.981 bits per heavy atom. The quantitative estimate of drug-likeness (QED) is 0.115. The molecule has 5 heterocycles. The predicted octanol–water partition coefficient (Wildman–Crippen LogP) is 3.84. The normalized spacial score (nSPS) is 18.5. The molecule has 4 N–H and O–H groups in total. The average molecular weight is 755 g/mol. The highest BCUT2D eigenvalue weighted by molar-refractivity contribution is 6.33. The van der Waals surface area contributed by atoms with Crippen molar-refractivity contribution in [1.29, 1.82) is 0 Å². The molecule has 0 spiro atoms. The fourth-order valence-electron chi connectivity index (χ4n) is 7.16. The molecule has 2 aromatic carbocycles. The first-order chi connectivity index (χ1) is 26.2. The lowest BCUT2D eigenvalue weighted by atomic mass is 10.0. The smallest absolute Gasteiger partial charge is 0.266 e. The molecule has 6 amide bonds. The summed E-state index contributed by atoms with van der Waals surface area (Å²) in [7, 11) is 0. The van der Waals surface area contributed by atoms with Gasteiger partial charge in [0, 0.05) is 61.2 Å². The van der Waals surface area contributed by atoms with Crippen LogP contribution in [0.25, 0.3) is 22.2 Å². The molecule has 2 saturated heterocycles. The number of likely N-dealkylation sites (tertiary alicyclic amines) is 1. The number of aromatic amines is 1. The van der Waals surface area contributed by atoms with Gasteiger partial charge in [-0.25, -0.2) is 9.97 Å². The number of piperidine rings is 2. The molecule has 3 aliphatic rings. The number of aromatic nitrogens is 3. The second-order valence-electron chi connectivity index (χ2n) is 13.5. The van der Waals surface area contributed by atoms with Gasteiger partial charge in [-0.2, -0.15) is 0 Å². The zero-order valence-electron chi connectivity index (χ0n) is 29.4. The predicted molar refractivity (Wildman–Crippen MR) is 198 cm³/mol. The number of imide groups is 2. The minimum absolute atomic E-state index is 0.00282. The summed E-state index contributed by atoms with van der Waals surface area (Å²) in [5.41, 5.74) is 2.56. The Morgan fingerprint density at radius 3 is 2.69 bits per heavy atom. The summed E-state index contributed by atoms with van der Waals surface area (Å²) in [4.78, 5) is 90.9. The van der Waals surface area contributed by atoms with Gasteiger partial charge in [-0.05, 0) is 50.3 Å². The van der Waals surface area contributed by atoms with E-state index in [0.717, 1.165) is 40.6 Å². The van der Waals surface area contributed by atoms with Crippen molar-refractivity contribution in [2.45, 2.75) is 63.5 Å². The maximum absolute atomic E-state index is 13.2. The standard InChI is InChI=1S/C38H39ClN8O7/c39-26-19-42-38(45-34(26)25-18-41-27-11-4-3-9-23(25)27)43-22-8-7-17-46(20-22)32(50)13-2-1-5-16-40-31(49)21-54-29-12-6-10-24-33(29)37(53)47(36(24)52)28-14-15-30(48)44-35(28)51/h3-4,6,9-12,18-19,22,28,41H,1-2,5,7-8,13-17,20-21H2,(H,40,49)(H,42,43,45)(H,44,48,51). The van der Waals surface area contributed by atoms with Crippen LogP contribution in [0, 0.1) is 0 Å². The Bertz CT molecular complexity index is 2140. The van der Waals surface area contributed by atoms with Crippen molar-refractivity contribution < 1.29 is 33.5 Å². The number of nitrogens with one attached hydrogen (secondary N) is 4. The van der Waals surface area contributed by atoms with E-state index < -0.39 is 35.6 Å². The second kappa shape index (κ2) is 16.0. The molecule has 4 aromatic rings. The molecule has 7 rings (SSSR count). The number of para-hydroxylation sites is 1. The van der Waals surface area contributed by atoms with Crippen molar-refractivity contribution in [1.82, 2.24) is 35.4 Å². The number of anilines is 1. The van der Waals surface area contributed by atoms with Crippen LogP contribution in [0.5, 0.6) is 5.75 Å². The summed E-state index contributed by atoms with van der Waals surface area (Å²) in [6.07, 6.45) is 7.72. The van der Waals surface area contributed by atoms with Crippen molar-refractivity contribution in [3.63, 3.8) is 0 Å². The van der Waals surface area contributed by atoms with E-state index in [9.17, 15) is 28.8 Å². The number of carbonyl (C=O) groups excluding carboxylic acids is 6. The van der Waals surface area contributed by atoms with E-state index in [1.807, 2.05) is 35.4 Å². The maximum Gasteiger partial charge on any atom is 0.266 e. The fourth-order valence-corrected chi connectivity index (χ4v) is 7.35. The molecule has 280 valence electrons. The van der Waals surface area contributed by atoms with Gasteiger partial charge in [-0.3, -0.25) is 39.0 Å². The number of H-pyrrole nitrogens is 1. The summed E-state index contributed by atoms with van der Waals surface area (Å²) in [6.45, 7) is 1.23. The number of nitrogens with zero attached hydrogens (tertiary/aromatic N) is 4. The first-order valence-corrected chi connectivity index (χ1v) is 18.4. The van der Waals surface area contributed by atoms with E-state index in [-0.39, 0.29) is 48.3 Å². The van der Waals surface area contributed by atoms with Crippen LogP contribution in [-0.2, 0) is 19.2 Å². The highest BCUT2D eigenvalue weighted by Gasteiger charge is 2.46. The van der Waals surface area contributed by atoms with Crippen molar-refractivity contribution in [2.75, 3.05) is 31.6 Å². The van der Waals surface area contributed by atoms with E-state index in [2.05, 4.69) is 25.9 Å². The Hall–Kier alpha value is -5.83. The monoisotopic (exact) mass is 754 g/mol. The third-order valence-corrected chi connectivity index (χ3v) is 10.2. The number of hydrogen-bond acceptors (Lipinski definition) is 10. The SMILES string of the molecule is O=C(COc1cccc2c1C(=O)N(C1CCC(=O)NC1=O)C2=O)NCCCCCC(=O)N1CCCC(Nc2ncc(Cl)c(-c3c[nH]c4ccccc34)n2)C1. The van der Waals surface area contributed by atoms with Gasteiger partial charge in [0.2, 0.25) is 23.7 Å². The molecule has 2 aromatic heterocycles. The molecular weight excluding hydrogens is 716 g/mol. The van der Waals surface area contributed by atoms with Crippen LogP contribution < -0.4 is 20.7 Å². The van der Waals surface area contributed by atoms with E-state index >= 15 is 0 Å². The number of benzene rings is 2. The van der Waals surface area contributed by atoms with E-state index in [1.165, 1.54) is 18.2 Å². The van der Waals surface area contributed by atoms with Crippen LogP contribution in [0.4, 0.5) is 5.95 Å². The Labute approximate surface area is 315 Å². The highest BCUT2D eigenvalue weighted by atomic mass is 35.5. The molecule has 16 heteroatoms. The summed E-state index contributed by atoms with van der Waals surface area (Å²) >= 11 is 6.50. The van der Waals surface area contributed by atoms with Crippen LogP contribution in [0.3, 0.4) is 0 Å². The first-order valence-electron chi connectivity index (χ1n) is 18.1. The third kappa shape index (κ3) is 7.76. The summed E-state index contributed by atoms with van der Waals surface area (Å²) < 4.78 is 5.64. The lowest BCUT2D eigenvalue weighted by Crippen LogP contribution is -2.54. The van der Waals surface area contributed by atoms with Gasteiger partial charge in [-0.1, -0.05) is 42.3 Å². The number of carbonyl (C=O) groups is 6. The van der Waals surface area contributed by atoms with Crippen LogP contribution in [0.1, 0.15) is 72.1 Å². The number of unbranched alkanes of at least 4 members (excludes halogenated alkanes) is 2. The minimum atomic E-state index is -1.10. The molecule has 54 heavy (non-hydrogen) atoms. The Morgan fingerprint density at radius 2 is 1.83 bits per heavy atom. The van der Waals surface area contributed by atoms with Gasteiger partial charge in [-0.15, -0.1) is 0 Å². The molecule has 0 aliphatic carbocycles. The molecular formula is C38H39ClN8O7. The molecule has 2 unspecified atom stereocenters. The first kappa shape index (κ1) is 36.5. The van der Waals surface area contributed by atoms with E-state index in [0.29, 0.717) is 55.6 Å². The van der Waals surface area contributed by atoms with Gasteiger partial charge in [0.25, 0.3) is 17.7 Å². The van der Waals surface area contributed by atoms with Crippen molar-refractivity contribution in [2.24, 2.45) is 0 Å². The molecule has 2 fully saturated rings. The number of amides is 6. The van der Waals surface area contributed by atoms with Gasteiger partial charge >= 0.3 is 0 Å². The molecule has 0 saturated carbocycles. The minimum Gasteiger partial charge on any atom is -0.483 e. The summed E-state index contributed by atoms with van der Waals surface area (Å²) in [5.74, 6) is -2.35. The largest absolute Gasteiger partial charge is 0.483 e. The third-order valence-electron chi connectivity index (χ3n) is 9.87. The van der Waals surface area contributed by atoms with E-state index in [1.54, 1.807) is 6.20 Å². The molecule has 0 bridgehead atoms. The summed E-state index contributed by atoms with van der Waals surface area (Å²) in [6, 6.07) is 11.3. The lowest BCUT2D eigenvalue weighted by Gasteiger charge is -2.33. The maximum atomic E-state index is 13.2. The van der Waals surface area contributed by atoms with Crippen LogP contribution >= 0.6 is 11.6 Å². The van der Waals surface area contributed by atoms with Crippen molar-refractivity contribution in [3.8, 4) is 17.0 Å². The number of ether oxygens (including phenoxy) is 1. The highest BCUT2D eigenvalue weighted by Crippen LogP contribution is 2.34. The van der Waals surface area contributed by atoms with Crippen molar-refractivity contribution in [3.05, 3.63) is 71.0 Å². The zero-order chi connectivity index (χ0) is 37.8. The van der Waals surface area contributed by atoms with E-state index in [4.69, 9.17) is 21.3 Å². The lowest BCUT2D eigenvalue weighted by molar-refractivity contribution is -0.136. The molecule has 15 nitrogen and oxygen atoms in total. The number of halogens is 1. The number of rotatable bonds is 13. The second-order valence-corrected chi connectivity index (χ2v) is 13.9. The van der Waals surface area contributed by atoms with Gasteiger partial charge in [0.15, 0.2) is 6.61 Å². The summed E-state index contributed by atoms with van der Waals surface area (Å²) in [5, 5.41) is 9.81. The number of hydrogen-bond donors (Lipinski definition) is 4. The molecule has 3 aliphatic heterocycles. The molecule has 0 radical (unpaired) electrons.